The Morgan fingerprint density at radius 3 is 2.73 bits per heavy atom. The van der Waals surface area contributed by atoms with Crippen molar-refractivity contribution in [2.45, 2.75) is 31.6 Å². The second-order valence-corrected chi connectivity index (χ2v) is 9.53. The molecule has 9 nitrogen and oxygen atoms in total. The van der Waals surface area contributed by atoms with Crippen LogP contribution in [0, 0.1) is 5.82 Å². The standard InChI is InChI=1S/C19H18FN3O6S/c1-19(2)9-17(22-29-19)30(25,26)10-13-11-7-14(12(20)8-16(11)28-21-13)23(3)18(24)15-5-4-6-27-15/h4-8H,9-10H2,1-3H3. The van der Waals surface area contributed by atoms with Crippen LogP contribution in [-0.4, -0.2) is 37.2 Å². The summed E-state index contributed by atoms with van der Waals surface area (Å²) in [5, 5.41) is 7.65. The Bertz CT molecular complexity index is 1260. The van der Waals surface area contributed by atoms with Crippen molar-refractivity contribution >= 4 is 37.4 Å². The number of sulfone groups is 1. The van der Waals surface area contributed by atoms with Gasteiger partial charge in [-0.25, -0.2) is 12.8 Å². The SMILES string of the molecule is CN(C(=O)c1ccco1)c1cc2c(CS(=O)(=O)C3=NOC(C)(C)C3)noc2cc1F. The fourth-order valence-corrected chi connectivity index (χ4v) is 4.52. The number of rotatable bonds is 4. The van der Waals surface area contributed by atoms with E-state index in [0.29, 0.717) is 0 Å². The lowest BCUT2D eigenvalue weighted by molar-refractivity contribution is 0.0123. The van der Waals surface area contributed by atoms with Gasteiger partial charge in [0.25, 0.3) is 5.91 Å². The zero-order chi connectivity index (χ0) is 21.7. The monoisotopic (exact) mass is 435 g/mol. The van der Waals surface area contributed by atoms with E-state index in [-0.39, 0.29) is 39.6 Å². The van der Waals surface area contributed by atoms with Crippen molar-refractivity contribution in [3.8, 4) is 0 Å². The fourth-order valence-electron chi connectivity index (χ4n) is 3.07. The number of anilines is 1. The van der Waals surface area contributed by atoms with Crippen LogP contribution in [0.3, 0.4) is 0 Å². The number of fused-ring (bicyclic) bond motifs is 1. The third-order valence-corrected chi connectivity index (χ3v) is 6.26. The lowest BCUT2D eigenvalue weighted by atomic mass is 10.1. The summed E-state index contributed by atoms with van der Waals surface area (Å²) in [7, 11) is -2.45. The average molecular weight is 435 g/mol. The number of oxime groups is 1. The number of aromatic nitrogens is 1. The molecule has 0 saturated heterocycles. The molecule has 0 spiro atoms. The van der Waals surface area contributed by atoms with Gasteiger partial charge in [0.05, 0.1) is 12.0 Å². The Morgan fingerprint density at radius 2 is 2.10 bits per heavy atom. The minimum atomic E-state index is -3.83. The molecule has 4 rings (SSSR count). The number of halogens is 1. The van der Waals surface area contributed by atoms with Crippen LogP contribution in [0.15, 0.2) is 44.6 Å². The first-order valence-corrected chi connectivity index (χ1v) is 10.6. The smallest absolute Gasteiger partial charge is 0.293 e. The van der Waals surface area contributed by atoms with Gasteiger partial charge in [-0.2, -0.15) is 0 Å². The second kappa shape index (κ2) is 6.94. The van der Waals surface area contributed by atoms with E-state index < -0.39 is 32.9 Å². The summed E-state index contributed by atoms with van der Waals surface area (Å²) in [6.07, 6.45) is 1.46. The van der Waals surface area contributed by atoms with Crippen molar-refractivity contribution < 1.29 is 31.4 Å². The first-order valence-electron chi connectivity index (χ1n) is 8.94. The number of carbonyl (C=O) groups is 1. The molecule has 0 radical (unpaired) electrons. The first kappa shape index (κ1) is 20.1. The van der Waals surface area contributed by atoms with Crippen molar-refractivity contribution in [1.82, 2.24) is 5.16 Å². The summed E-state index contributed by atoms with van der Waals surface area (Å²) in [6, 6.07) is 5.38. The zero-order valence-corrected chi connectivity index (χ0v) is 17.2. The second-order valence-electron chi connectivity index (χ2n) is 7.54. The maximum atomic E-state index is 14.6. The summed E-state index contributed by atoms with van der Waals surface area (Å²) in [5.74, 6) is -1.76. The Morgan fingerprint density at radius 1 is 1.33 bits per heavy atom. The highest BCUT2D eigenvalue weighted by atomic mass is 32.2. The predicted octanol–water partition coefficient (Wildman–Crippen LogP) is 3.26. The van der Waals surface area contributed by atoms with Crippen LogP contribution in [0.5, 0.6) is 0 Å². The largest absolute Gasteiger partial charge is 0.459 e. The molecule has 1 amide bonds. The van der Waals surface area contributed by atoms with Gasteiger partial charge in [-0.05, 0) is 32.0 Å². The number of carbonyl (C=O) groups excluding carboxylic acids is 1. The quantitative estimate of drug-likeness (QED) is 0.618. The molecule has 2 aromatic heterocycles. The minimum absolute atomic E-state index is 0.0342. The van der Waals surface area contributed by atoms with Crippen molar-refractivity contribution in [3.05, 3.63) is 47.8 Å². The first-order chi connectivity index (χ1) is 14.1. The van der Waals surface area contributed by atoms with Crippen LogP contribution in [0.2, 0.25) is 0 Å². The molecule has 0 fully saturated rings. The van der Waals surface area contributed by atoms with E-state index in [1.54, 1.807) is 19.9 Å². The summed E-state index contributed by atoms with van der Waals surface area (Å²) in [4.78, 5) is 18.7. The number of hydrogen-bond donors (Lipinski definition) is 0. The zero-order valence-electron chi connectivity index (χ0n) is 16.4. The molecule has 1 aromatic carbocycles. The average Bonchev–Trinajstić information content (AvgIpc) is 3.40. The van der Waals surface area contributed by atoms with Gasteiger partial charge in [0.2, 0.25) is 9.84 Å². The molecule has 11 heteroatoms. The third-order valence-electron chi connectivity index (χ3n) is 4.67. The fraction of sp³-hybridized carbons (Fsp3) is 0.316. The predicted molar refractivity (Wildman–Crippen MR) is 105 cm³/mol. The molecule has 1 aliphatic heterocycles. The van der Waals surface area contributed by atoms with Crippen molar-refractivity contribution in [1.29, 1.82) is 0 Å². The molecule has 3 heterocycles. The highest BCUT2D eigenvalue weighted by Gasteiger charge is 2.37. The Kier molecular flexibility index (Phi) is 4.64. The highest BCUT2D eigenvalue weighted by Crippen LogP contribution is 2.31. The molecule has 0 unspecified atom stereocenters. The van der Waals surface area contributed by atoms with Gasteiger partial charge >= 0.3 is 0 Å². The molecular weight excluding hydrogens is 417 g/mol. The maximum absolute atomic E-state index is 14.6. The van der Waals surface area contributed by atoms with Gasteiger partial charge in [0.15, 0.2) is 22.2 Å². The van der Waals surface area contributed by atoms with Gasteiger partial charge < -0.3 is 18.7 Å². The molecule has 0 aliphatic carbocycles. The molecule has 0 bridgehead atoms. The van der Waals surface area contributed by atoms with Crippen LogP contribution in [0.25, 0.3) is 11.0 Å². The van der Waals surface area contributed by atoms with Gasteiger partial charge in [-0.1, -0.05) is 10.3 Å². The molecule has 0 saturated carbocycles. The molecular formula is C19H18FN3O6S. The van der Waals surface area contributed by atoms with E-state index in [1.165, 1.54) is 25.4 Å². The summed E-state index contributed by atoms with van der Waals surface area (Å²) < 4.78 is 50.2. The third kappa shape index (κ3) is 3.56. The Hall–Kier alpha value is -3.21. The van der Waals surface area contributed by atoms with Crippen LogP contribution in [0.4, 0.5) is 10.1 Å². The molecule has 0 atom stereocenters. The lowest BCUT2D eigenvalue weighted by Crippen LogP contribution is -2.26. The van der Waals surface area contributed by atoms with Gasteiger partial charge in [0.1, 0.15) is 17.0 Å². The Labute approximate surface area is 171 Å². The summed E-state index contributed by atoms with van der Waals surface area (Å²) in [6.45, 7) is 3.46. The van der Waals surface area contributed by atoms with E-state index >= 15 is 0 Å². The van der Waals surface area contributed by atoms with E-state index in [2.05, 4.69) is 10.3 Å². The normalized spacial score (nSPS) is 15.8. The maximum Gasteiger partial charge on any atom is 0.293 e. The van der Waals surface area contributed by atoms with Gasteiger partial charge in [0, 0.05) is 24.9 Å². The van der Waals surface area contributed by atoms with Crippen molar-refractivity contribution in [2.24, 2.45) is 5.16 Å². The summed E-state index contributed by atoms with van der Waals surface area (Å²) >= 11 is 0. The summed E-state index contributed by atoms with van der Waals surface area (Å²) in [5.41, 5.74) is -0.643. The van der Waals surface area contributed by atoms with Gasteiger partial charge in [-0.3, -0.25) is 4.79 Å². The van der Waals surface area contributed by atoms with E-state index in [0.717, 1.165) is 11.0 Å². The van der Waals surface area contributed by atoms with E-state index in [4.69, 9.17) is 13.8 Å². The number of hydrogen-bond acceptors (Lipinski definition) is 8. The van der Waals surface area contributed by atoms with E-state index in [1.807, 2.05) is 0 Å². The number of benzene rings is 1. The van der Waals surface area contributed by atoms with Crippen LogP contribution < -0.4 is 4.90 Å². The lowest BCUT2D eigenvalue weighted by Gasteiger charge is -2.16. The highest BCUT2D eigenvalue weighted by molar-refractivity contribution is 8.05. The van der Waals surface area contributed by atoms with Crippen molar-refractivity contribution in [3.63, 3.8) is 0 Å². The topological polar surface area (TPSA) is 115 Å². The molecule has 30 heavy (non-hydrogen) atoms. The van der Waals surface area contributed by atoms with Crippen molar-refractivity contribution in [2.75, 3.05) is 11.9 Å². The molecule has 158 valence electrons. The number of furan rings is 1. The van der Waals surface area contributed by atoms with Crippen LogP contribution >= 0.6 is 0 Å². The number of amides is 1. The number of nitrogens with zero attached hydrogens (tertiary/aromatic N) is 3. The molecule has 1 aliphatic rings. The Balaban J connectivity index is 1.68. The molecule has 0 N–H and O–H groups in total. The molecule has 3 aromatic rings. The van der Waals surface area contributed by atoms with Crippen LogP contribution in [0.1, 0.15) is 36.5 Å². The van der Waals surface area contributed by atoms with Crippen LogP contribution in [-0.2, 0) is 20.4 Å². The van der Waals surface area contributed by atoms with Gasteiger partial charge in [-0.15, -0.1) is 0 Å². The van der Waals surface area contributed by atoms with E-state index in [9.17, 15) is 17.6 Å². The minimum Gasteiger partial charge on any atom is -0.459 e.